The molecule has 0 saturated heterocycles. The van der Waals surface area contributed by atoms with E-state index in [2.05, 4.69) is 72.8 Å². The Morgan fingerprint density at radius 1 is 0.350 bits per heavy atom. The fourth-order valence-corrected chi connectivity index (χ4v) is 19.9. The summed E-state index contributed by atoms with van der Waals surface area (Å²) in [5, 5.41) is 0. The summed E-state index contributed by atoms with van der Waals surface area (Å²) in [5.74, 6) is 0. The third kappa shape index (κ3) is 1.34. The van der Waals surface area contributed by atoms with Gasteiger partial charge in [0.2, 0.25) is 0 Å². The van der Waals surface area contributed by atoms with Crippen LogP contribution in [0.2, 0.25) is 0 Å². The summed E-state index contributed by atoms with van der Waals surface area (Å²) in [7, 11) is 0. The van der Waals surface area contributed by atoms with Crippen molar-refractivity contribution in [1.29, 1.82) is 0 Å². The molecule has 3 heterocycles. The Balaban J connectivity index is 1.93. The molecule has 0 saturated carbocycles. The molecule has 3 aliphatic rings. The van der Waals surface area contributed by atoms with Crippen molar-refractivity contribution in [3.05, 3.63) is 72.8 Å². The van der Waals surface area contributed by atoms with Gasteiger partial charge in [0.25, 0.3) is 0 Å². The summed E-state index contributed by atoms with van der Waals surface area (Å²) >= 11 is -2.56. The third-order valence-corrected chi connectivity index (χ3v) is 17.6. The van der Waals surface area contributed by atoms with Crippen molar-refractivity contribution in [1.82, 2.24) is 0 Å². The molecular weight excluding hydrogens is 366 g/mol. The molecule has 2 bridgehead atoms. The first kappa shape index (κ1) is 11.4. The molecular formula is C18H12As2. The normalized spacial score (nSPS) is 21.0. The first-order chi connectivity index (χ1) is 9.95. The van der Waals surface area contributed by atoms with E-state index in [1.54, 1.807) is 26.1 Å². The average Bonchev–Trinajstić information content (AvgIpc) is 2.54. The minimum atomic E-state index is -1.28. The van der Waals surface area contributed by atoms with Gasteiger partial charge in [-0.05, 0) is 0 Å². The summed E-state index contributed by atoms with van der Waals surface area (Å²) in [6.45, 7) is 0. The third-order valence-electron chi connectivity index (χ3n) is 4.09. The van der Waals surface area contributed by atoms with Gasteiger partial charge < -0.3 is 0 Å². The number of hydrogen-bond acceptors (Lipinski definition) is 0. The Morgan fingerprint density at radius 3 is 0.750 bits per heavy atom. The molecule has 0 radical (unpaired) electrons. The predicted octanol–water partition coefficient (Wildman–Crippen LogP) is -0.654. The van der Waals surface area contributed by atoms with E-state index in [1.165, 1.54) is 0 Å². The van der Waals surface area contributed by atoms with Gasteiger partial charge >= 0.3 is 128 Å². The van der Waals surface area contributed by atoms with Crippen LogP contribution in [-0.2, 0) is 0 Å². The van der Waals surface area contributed by atoms with E-state index < -0.39 is 29.3 Å². The fourth-order valence-electron chi connectivity index (χ4n) is 3.31. The topological polar surface area (TPSA) is 0 Å². The van der Waals surface area contributed by atoms with E-state index >= 15 is 0 Å². The molecule has 20 heavy (non-hydrogen) atoms. The maximum atomic E-state index is 2.41. The number of hydrogen-bond donors (Lipinski definition) is 0. The van der Waals surface area contributed by atoms with Gasteiger partial charge in [0.05, 0.1) is 0 Å². The van der Waals surface area contributed by atoms with Crippen LogP contribution in [0.4, 0.5) is 0 Å². The summed E-state index contributed by atoms with van der Waals surface area (Å²) < 4.78 is 10.2. The molecule has 0 unspecified atom stereocenters. The first-order valence-electron chi connectivity index (χ1n) is 6.82. The van der Waals surface area contributed by atoms with Crippen LogP contribution >= 0.6 is 0 Å². The Morgan fingerprint density at radius 2 is 0.550 bits per heavy atom. The van der Waals surface area contributed by atoms with Gasteiger partial charge in [0.15, 0.2) is 0 Å². The van der Waals surface area contributed by atoms with Crippen molar-refractivity contribution in [2.75, 3.05) is 0 Å². The molecule has 3 aromatic rings. The Bertz CT molecular complexity index is 656. The van der Waals surface area contributed by atoms with Crippen LogP contribution in [0, 0.1) is 0 Å². The van der Waals surface area contributed by atoms with Gasteiger partial charge in [-0.2, -0.15) is 0 Å². The van der Waals surface area contributed by atoms with Gasteiger partial charge in [0, 0.05) is 0 Å². The average molecular weight is 378 g/mol. The second kappa shape index (κ2) is 4.14. The standard InChI is InChI=1S/C18H12As2/c1-2-8-14-13(7-1)19-15-9-3-5-11-17(15)20(14)18-12-6-4-10-16(18)19/h1-12H. The van der Waals surface area contributed by atoms with E-state index in [9.17, 15) is 0 Å². The molecule has 0 nitrogen and oxygen atoms in total. The molecule has 0 aromatic heterocycles. The monoisotopic (exact) mass is 378 g/mol. The van der Waals surface area contributed by atoms with Crippen LogP contribution in [0.1, 0.15) is 0 Å². The molecule has 0 N–H and O–H groups in total. The summed E-state index contributed by atoms with van der Waals surface area (Å²) in [5.41, 5.74) is 0. The number of benzene rings is 3. The van der Waals surface area contributed by atoms with Crippen LogP contribution in [-0.4, -0.2) is 29.3 Å². The zero-order chi connectivity index (χ0) is 13.1. The first-order valence-corrected chi connectivity index (χ1v) is 12.5. The summed E-state index contributed by atoms with van der Waals surface area (Å²) in [6.07, 6.45) is 0. The van der Waals surface area contributed by atoms with E-state index in [0.717, 1.165) is 0 Å². The van der Waals surface area contributed by atoms with Gasteiger partial charge in [0.1, 0.15) is 0 Å². The Kier molecular flexibility index (Phi) is 2.37. The zero-order valence-electron chi connectivity index (χ0n) is 10.8. The van der Waals surface area contributed by atoms with Gasteiger partial charge in [-0.25, -0.2) is 0 Å². The van der Waals surface area contributed by atoms with Crippen molar-refractivity contribution in [3.63, 3.8) is 0 Å². The SMILES string of the molecule is c1ccc2c(c1)[As]1c3ccccc3[As]2c2ccccc21. The quantitative estimate of drug-likeness (QED) is 0.314. The molecule has 0 aliphatic carbocycles. The van der Waals surface area contributed by atoms with E-state index in [-0.39, 0.29) is 0 Å². The molecule has 0 fully saturated rings. The van der Waals surface area contributed by atoms with Gasteiger partial charge in [-0.3, -0.25) is 0 Å². The second-order valence-corrected chi connectivity index (χ2v) is 14.0. The van der Waals surface area contributed by atoms with Crippen molar-refractivity contribution < 1.29 is 0 Å². The molecule has 94 valence electrons. The van der Waals surface area contributed by atoms with Crippen LogP contribution in [0.3, 0.4) is 0 Å². The Labute approximate surface area is 128 Å². The predicted molar refractivity (Wildman–Crippen MR) is 88.6 cm³/mol. The second-order valence-electron chi connectivity index (χ2n) is 5.14. The van der Waals surface area contributed by atoms with Crippen molar-refractivity contribution in [2.24, 2.45) is 0 Å². The summed E-state index contributed by atoms with van der Waals surface area (Å²) in [6, 6.07) is 27.8. The molecule has 0 amide bonds. The van der Waals surface area contributed by atoms with Crippen LogP contribution in [0.25, 0.3) is 0 Å². The van der Waals surface area contributed by atoms with E-state index in [1.807, 2.05) is 0 Å². The van der Waals surface area contributed by atoms with Crippen LogP contribution in [0.15, 0.2) is 72.8 Å². The molecule has 2 heteroatoms. The molecule has 0 spiro atoms. The van der Waals surface area contributed by atoms with Crippen LogP contribution in [0.5, 0.6) is 0 Å². The van der Waals surface area contributed by atoms with Gasteiger partial charge in [-0.15, -0.1) is 0 Å². The number of rotatable bonds is 0. The Hall–Kier alpha value is -1.22. The van der Waals surface area contributed by atoms with Crippen molar-refractivity contribution in [2.45, 2.75) is 0 Å². The van der Waals surface area contributed by atoms with Crippen molar-refractivity contribution >= 4 is 55.4 Å². The minimum absolute atomic E-state index is 1.28. The zero-order valence-corrected chi connectivity index (χ0v) is 14.6. The van der Waals surface area contributed by atoms with E-state index in [4.69, 9.17) is 0 Å². The fraction of sp³-hybridized carbons (Fsp3) is 0. The van der Waals surface area contributed by atoms with Gasteiger partial charge in [-0.1, -0.05) is 0 Å². The van der Waals surface area contributed by atoms with E-state index in [0.29, 0.717) is 0 Å². The summed E-state index contributed by atoms with van der Waals surface area (Å²) in [4.78, 5) is 0. The van der Waals surface area contributed by atoms with Crippen molar-refractivity contribution in [3.8, 4) is 0 Å². The maximum absolute atomic E-state index is 2.41. The molecule has 6 rings (SSSR count). The molecule has 0 atom stereocenters. The van der Waals surface area contributed by atoms with Crippen LogP contribution < -0.4 is 26.1 Å². The molecule has 3 aliphatic heterocycles. The molecule has 3 aromatic carbocycles.